The summed E-state index contributed by atoms with van der Waals surface area (Å²) in [6.07, 6.45) is 9.77. The Morgan fingerprint density at radius 1 is 1.11 bits per heavy atom. The molecule has 1 aliphatic heterocycles. The summed E-state index contributed by atoms with van der Waals surface area (Å²) in [6.45, 7) is 4.35. The van der Waals surface area contributed by atoms with Gasteiger partial charge < -0.3 is 10.2 Å². The number of benzene rings is 2. The van der Waals surface area contributed by atoms with Crippen LogP contribution in [-0.2, 0) is 11.3 Å². The number of nitrogens with zero attached hydrogens (tertiary/aromatic N) is 5. The molecule has 3 heterocycles. The zero-order chi connectivity index (χ0) is 24.6. The van der Waals surface area contributed by atoms with Crippen molar-refractivity contribution in [3.05, 3.63) is 71.9 Å². The molecule has 1 N–H and O–H groups in total. The molecule has 9 heteroatoms. The first-order valence-electron chi connectivity index (χ1n) is 11.6. The Hall–Kier alpha value is -3.46. The number of carbonyl (C=O) groups excluding carboxylic acids is 1. The van der Waals surface area contributed by atoms with Gasteiger partial charge in [0.2, 0.25) is 6.41 Å². The molecule has 2 aromatic carbocycles. The minimum atomic E-state index is -0.232. The van der Waals surface area contributed by atoms with Gasteiger partial charge in [0.25, 0.3) is 0 Å². The fraction of sp³-hybridized carbons (Fsp3) is 0.308. The topological polar surface area (TPSA) is 75.9 Å². The Kier molecular flexibility index (Phi) is 8.31. The van der Waals surface area contributed by atoms with Crippen LogP contribution in [0.5, 0.6) is 0 Å². The number of hydrogen-bond donors (Lipinski definition) is 1. The summed E-state index contributed by atoms with van der Waals surface area (Å²) < 4.78 is 15.5. The normalized spacial score (nSPS) is 13.3. The Morgan fingerprint density at radius 2 is 1.89 bits per heavy atom. The van der Waals surface area contributed by atoms with E-state index in [1.54, 1.807) is 35.8 Å². The number of halogens is 1. The van der Waals surface area contributed by atoms with Gasteiger partial charge in [-0.05, 0) is 67.8 Å². The van der Waals surface area contributed by atoms with Crippen molar-refractivity contribution in [1.29, 1.82) is 0 Å². The Bertz CT molecular complexity index is 1280. The Labute approximate surface area is 210 Å². The fourth-order valence-electron chi connectivity index (χ4n) is 3.92. The zero-order valence-electron chi connectivity index (χ0n) is 19.9. The number of nitrogens with one attached hydrogen (secondary N) is 1. The average Bonchev–Trinajstić information content (AvgIpc) is 3.35. The van der Waals surface area contributed by atoms with Crippen molar-refractivity contribution in [2.75, 3.05) is 24.2 Å². The lowest BCUT2D eigenvalue weighted by Gasteiger charge is -2.27. The maximum absolute atomic E-state index is 13.8. The van der Waals surface area contributed by atoms with Crippen molar-refractivity contribution in [3.8, 4) is 5.69 Å². The number of rotatable bonds is 6. The van der Waals surface area contributed by atoms with E-state index in [1.165, 1.54) is 30.2 Å². The summed E-state index contributed by atoms with van der Waals surface area (Å²) in [5, 5.41) is 7.23. The summed E-state index contributed by atoms with van der Waals surface area (Å²) in [7, 11) is 0. The van der Waals surface area contributed by atoms with Crippen molar-refractivity contribution in [3.63, 3.8) is 0 Å². The van der Waals surface area contributed by atoms with Crippen molar-refractivity contribution in [2.24, 2.45) is 0 Å². The predicted molar refractivity (Wildman–Crippen MR) is 141 cm³/mol. The van der Waals surface area contributed by atoms with E-state index >= 15 is 0 Å². The van der Waals surface area contributed by atoms with E-state index in [0.717, 1.165) is 35.5 Å². The van der Waals surface area contributed by atoms with Crippen molar-refractivity contribution >= 4 is 35.0 Å². The van der Waals surface area contributed by atoms with Crippen molar-refractivity contribution in [2.45, 2.75) is 37.6 Å². The molecule has 0 saturated carbocycles. The molecule has 0 spiro atoms. The highest BCUT2D eigenvalue weighted by Crippen LogP contribution is 2.25. The zero-order valence-corrected chi connectivity index (χ0v) is 20.8. The maximum atomic E-state index is 13.8. The molecule has 0 atom stereocenters. The van der Waals surface area contributed by atoms with Crippen LogP contribution >= 0.6 is 11.8 Å². The number of anilines is 1. The number of hydrogen-bond acceptors (Lipinski definition) is 6. The number of thioether (sulfide) groups is 1. The molecule has 5 rings (SSSR count). The number of aryl methyl sites for hydroxylation is 1. The number of aromatic nitrogens is 4. The van der Waals surface area contributed by atoms with Gasteiger partial charge in [-0.1, -0.05) is 18.2 Å². The third kappa shape index (κ3) is 6.16. The van der Waals surface area contributed by atoms with Gasteiger partial charge in [-0.2, -0.15) is 5.10 Å². The second-order valence-corrected chi connectivity index (χ2v) is 9.21. The van der Waals surface area contributed by atoms with Crippen LogP contribution in [0.1, 0.15) is 31.8 Å². The van der Waals surface area contributed by atoms with Crippen LogP contribution < -0.4 is 10.2 Å². The Balaban J connectivity index is 0.000000237. The van der Waals surface area contributed by atoms with Gasteiger partial charge in [-0.25, -0.2) is 19.0 Å². The van der Waals surface area contributed by atoms with Crippen LogP contribution in [0.2, 0.25) is 0 Å². The first-order valence-corrected chi connectivity index (χ1v) is 12.8. The molecule has 0 bridgehead atoms. The van der Waals surface area contributed by atoms with Crippen molar-refractivity contribution < 1.29 is 10.6 Å². The second kappa shape index (κ2) is 11.8. The predicted octanol–water partition coefficient (Wildman–Crippen LogP) is 5.15. The molecule has 2 aromatic heterocycles. The highest BCUT2D eigenvalue weighted by atomic mass is 32.2. The number of amides is 1. The monoisotopic (exact) mass is 494 g/mol. The molecule has 4 aromatic rings. The summed E-state index contributed by atoms with van der Waals surface area (Å²) in [5.74, 6) is 0.644. The molecule has 0 aliphatic carbocycles. The van der Waals surface area contributed by atoms with Gasteiger partial charge in [0, 0.05) is 26.0 Å². The van der Waals surface area contributed by atoms with Crippen molar-refractivity contribution in [1.82, 2.24) is 25.1 Å². The number of fused-ring (bicyclic) bond motifs is 1. The highest BCUT2D eigenvalue weighted by molar-refractivity contribution is 7.98. The fourth-order valence-corrected chi connectivity index (χ4v) is 4.33. The van der Waals surface area contributed by atoms with Gasteiger partial charge in [-0.3, -0.25) is 4.79 Å². The summed E-state index contributed by atoms with van der Waals surface area (Å²) in [5.41, 5.74) is 3.99. The molecule has 0 unspecified atom stereocenters. The molecule has 184 valence electrons. The third-order valence-electron chi connectivity index (χ3n) is 5.91. The molecular weight excluding hydrogens is 463 g/mol. The van der Waals surface area contributed by atoms with E-state index in [0.29, 0.717) is 24.2 Å². The van der Waals surface area contributed by atoms with Crippen LogP contribution in [0.25, 0.3) is 16.7 Å². The summed E-state index contributed by atoms with van der Waals surface area (Å²) in [4.78, 5) is 22.2. The van der Waals surface area contributed by atoms with Crippen LogP contribution in [0, 0.1) is 12.7 Å². The second-order valence-electron chi connectivity index (χ2n) is 8.33. The minimum Gasteiger partial charge on any atom is -0.355 e. The average molecular weight is 495 g/mol. The van der Waals surface area contributed by atoms with E-state index in [1.807, 2.05) is 42.8 Å². The van der Waals surface area contributed by atoms with E-state index in [2.05, 4.69) is 25.3 Å². The van der Waals surface area contributed by atoms with Gasteiger partial charge in [0.15, 0.2) is 11.3 Å². The molecule has 1 aliphatic rings. The highest BCUT2D eigenvalue weighted by Gasteiger charge is 2.18. The lowest BCUT2D eigenvalue weighted by Crippen LogP contribution is -2.30. The third-order valence-corrected chi connectivity index (χ3v) is 6.65. The molecule has 0 radical (unpaired) electrons. The minimum absolute atomic E-state index is 0. The number of piperidine rings is 1. The maximum Gasteiger partial charge on any atom is 0.207 e. The van der Waals surface area contributed by atoms with Gasteiger partial charge in [0.1, 0.15) is 17.7 Å². The molecule has 35 heavy (non-hydrogen) atoms. The SMILES string of the molecule is CSc1ccc(CNC=O)cc1.Cc1ccc(-n2cc3ncnc(N4CCCCC4)c3n2)cc1F.[HH]. The van der Waals surface area contributed by atoms with Gasteiger partial charge in [-0.15, -0.1) is 11.8 Å². The molecule has 7 nitrogen and oxygen atoms in total. The molecule has 1 amide bonds. The molecule has 1 fully saturated rings. The smallest absolute Gasteiger partial charge is 0.207 e. The lowest BCUT2D eigenvalue weighted by molar-refractivity contribution is -0.109. The van der Waals surface area contributed by atoms with Gasteiger partial charge in [0.05, 0.1) is 11.9 Å². The van der Waals surface area contributed by atoms with Crippen LogP contribution in [0.3, 0.4) is 0 Å². The molecule has 1 saturated heterocycles. The van der Waals surface area contributed by atoms with Crippen LogP contribution in [-0.4, -0.2) is 45.5 Å². The van der Waals surface area contributed by atoms with Gasteiger partial charge >= 0.3 is 0 Å². The van der Waals surface area contributed by atoms with E-state index in [4.69, 9.17) is 0 Å². The lowest BCUT2D eigenvalue weighted by atomic mass is 10.1. The number of carbonyl (C=O) groups is 1. The summed E-state index contributed by atoms with van der Waals surface area (Å²) in [6, 6.07) is 13.2. The Morgan fingerprint density at radius 3 is 2.57 bits per heavy atom. The van der Waals surface area contributed by atoms with Crippen LogP contribution in [0.4, 0.5) is 10.2 Å². The van der Waals surface area contributed by atoms with E-state index in [-0.39, 0.29) is 7.24 Å². The van der Waals surface area contributed by atoms with Crippen LogP contribution in [0.15, 0.2) is 59.9 Å². The van der Waals surface area contributed by atoms with E-state index in [9.17, 15) is 9.18 Å². The summed E-state index contributed by atoms with van der Waals surface area (Å²) >= 11 is 1.71. The largest absolute Gasteiger partial charge is 0.355 e. The quantitative estimate of drug-likeness (QED) is 0.295. The van der Waals surface area contributed by atoms with E-state index < -0.39 is 0 Å². The molecular formula is C26H31FN6OS. The standard InChI is InChI=1S/C17H18FN5.C9H11NOS.H2/c1-12-5-6-13(9-14(12)18)23-10-15-16(21-23)17(20-11-19-15)22-7-3-2-4-8-22;1-12-9-4-2-8(3-5-9)6-10-7-11;/h5-6,9-11H,2-4,7-8H2,1H3;2-5,7H,6H2,1H3,(H,10,11);1H. The first-order chi connectivity index (χ1) is 17.1. The first kappa shape index (κ1) is 24.7.